The average molecular weight is 348 g/mol. The SMILES string of the molecule is CCc1ccc(-n2nnc(C(=O)NC3CCS(=O)(=O)C3)c2C)cc1. The first-order valence-corrected chi connectivity index (χ1v) is 9.74. The molecule has 2 aromatic rings. The summed E-state index contributed by atoms with van der Waals surface area (Å²) in [5, 5.41) is 10.8. The molecule has 1 atom stereocenters. The number of nitrogens with one attached hydrogen (secondary N) is 1. The van der Waals surface area contributed by atoms with Crippen LogP contribution in [0.3, 0.4) is 0 Å². The maximum Gasteiger partial charge on any atom is 0.274 e. The zero-order valence-corrected chi connectivity index (χ0v) is 14.5. The number of carbonyl (C=O) groups is 1. The van der Waals surface area contributed by atoms with E-state index in [1.54, 1.807) is 11.6 Å². The van der Waals surface area contributed by atoms with Crippen molar-refractivity contribution in [3.8, 4) is 5.69 Å². The van der Waals surface area contributed by atoms with Crippen LogP contribution in [-0.2, 0) is 16.3 Å². The topological polar surface area (TPSA) is 93.9 Å². The summed E-state index contributed by atoms with van der Waals surface area (Å²) in [6.45, 7) is 3.86. The van der Waals surface area contributed by atoms with Crippen molar-refractivity contribution in [3.63, 3.8) is 0 Å². The predicted molar refractivity (Wildman–Crippen MR) is 90.0 cm³/mol. The summed E-state index contributed by atoms with van der Waals surface area (Å²) in [5.41, 5.74) is 2.90. The molecule has 7 nitrogen and oxygen atoms in total. The first-order valence-electron chi connectivity index (χ1n) is 7.92. The molecule has 24 heavy (non-hydrogen) atoms. The number of carbonyl (C=O) groups excluding carboxylic acids is 1. The van der Waals surface area contributed by atoms with Crippen molar-refractivity contribution in [1.29, 1.82) is 0 Å². The molecule has 1 fully saturated rings. The van der Waals surface area contributed by atoms with Gasteiger partial charge in [-0.1, -0.05) is 24.3 Å². The molecule has 0 aliphatic carbocycles. The van der Waals surface area contributed by atoms with Gasteiger partial charge in [0.1, 0.15) is 0 Å². The number of aromatic nitrogens is 3. The van der Waals surface area contributed by atoms with E-state index in [1.807, 2.05) is 24.3 Å². The fraction of sp³-hybridized carbons (Fsp3) is 0.438. The second kappa shape index (κ2) is 6.35. The third kappa shape index (κ3) is 3.33. The van der Waals surface area contributed by atoms with Crippen LogP contribution < -0.4 is 5.32 Å². The van der Waals surface area contributed by atoms with Gasteiger partial charge in [-0.15, -0.1) is 5.10 Å². The van der Waals surface area contributed by atoms with Crippen LogP contribution in [0.1, 0.15) is 35.1 Å². The van der Waals surface area contributed by atoms with Gasteiger partial charge in [0, 0.05) is 6.04 Å². The van der Waals surface area contributed by atoms with Crippen LogP contribution in [0.25, 0.3) is 5.69 Å². The van der Waals surface area contributed by atoms with E-state index in [0.717, 1.165) is 12.1 Å². The van der Waals surface area contributed by atoms with Gasteiger partial charge in [0.05, 0.1) is 22.9 Å². The summed E-state index contributed by atoms with van der Waals surface area (Å²) < 4.78 is 24.6. The zero-order valence-electron chi connectivity index (χ0n) is 13.7. The summed E-state index contributed by atoms with van der Waals surface area (Å²) in [4.78, 5) is 12.4. The highest BCUT2D eigenvalue weighted by Gasteiger charge is 2.30. The van der Waals surface area contributed by atoms with Gasteiger partial charge in [-0.05, 0) is 37.5 Å². The Bertz CT molecular complexity index is 856. The lowest BCUT2D eigenvalue weighted by Gasteiger charge is -2.09. The fourth-order valence-electron chi connectivity index (χ4n) is 2.82. The van der Waals surface area contributed by atoms with E-state index in [-0.39, 0.29) is 29.1 Å². The number of hydrogen-bond acceptors (Lipinski definition) is 5. The van der Waals surface area contributed by atoms with Gasteiger partial charge in [-0.25, -0.2) is 13.1 Å². The summed E-state index contributed by atoms with van der Waals surface area (Å²) in [7, 11) is -3.03. The predicted octanol–water partition coefficient (Wildman–Crippen LogP) is 1.06. The molecule has 0 radical (unpaired) electrons. The summed E-state index contributed by atoms with van der Waals surface area (Å²) in [6.07, 6.45) is 1.40. The van der Waals surface area contributed by atoms with Gasteiger partial charge in [0.15, 0.2) is 15.5 Å². The molecule has 1 aromatic carbocycles. The number of nitrogens with zero attached hydrogens (tertiary/aromatic N) is 3. The highest BCUT2D eigenvalue weighted by Crippen LogP contribution is 2.15. The maximum atomic E-state index is 12.4. The van der Waals surface area contributed by atoms with E-state index in [9.17, 15) is 13.2 Å². The number of sulfone groups is 1. The molecular formula is C16H20N4O3S. The van der Waals surface area contributed by atoms with Crippen LogP contribution >= 0.6 is 0 Å². The molecule has 1 saturated heterocycles. The molecule has 1 aliphatic heterocycles. The second-order valence-corrected chi connectivity index (χ2v) is 8.26. The van der Waals surface area contributed by atoms with E-state index in [2.05, 4.69) is 22.6 Å². The molecule has 2 heterocycles. The molecule has 0 bridgehead atoms. The van der Waals surface area contributed by atoms with Crippen LogP contribution in [0.15, 0.2) is 24.3 Å². The Morgan fingerprint density at radius 2 is 2.04 bits per heavy atom. The van der Waals surface area contributed by atoms with E-state index >= 15 is 0 Å². The highest BCUT2D eigenvalue weighted by molar-refractivity contribution is 7.91. The third-order valence-electron chi connectivity index (χ3n) is 4.27. The van der Waals surface area contributed by atoms with Crippen molar-refractivity contribution in [2.75, 3.05) is 11.5 Å². The van der Waals surface area contributed by atoms with Gasteiger partial charge in [-0.2, -0.15) is 0 Å². The van der Waals surface area contributed by atoms with Gasteiger partial charge in [0.2, 0.25) is 0 Å². The molecule has 1 amide bonds. The minimum atomic E-state index is -3.03. The number of rotatable bonds is 4. The molecule has 0 spiro atoms. The normalized spacial score (nSPS) is 19.3. The highest BCUT2D eigenvalue weighted by atomic mass is 32.2. The van der Waals surface area contributed by atoms with Crippen LogP contribution in [0, 0.1) is 6.92 Å². The van der Waals surface area contributed by atoms with Crippen LogP contribution in [0.2, 0.25) is 0 Å². The van der Waals surface area contributed by atoms with Crippen LogP contribution in [0.4, 0.5) is 0 Å². The van der Waals surface area contributed by atoms with Gasteiger partial charge < -0.3 is 5.32 Å². The van der Waals surface area contributed by atoms with Crippen molar-refractivity contribution in [2.45, 2.75) is 32.7 Å². The largest absolute Gasteiger partial charge is 0.347 e. The average Bonchev–Trinajstić information content (AvgIpc) is 3.09. The summed E-state index contributed by atoms with van der Waals surface area (Å²) >= 11 is 0. The van der Waals surface area contributed by atoms with Gasteiger partial charge in [0.25, 0.3) is 5.91 Å². The van der Waals surface area contributed by atoms with Crippen molar-refractivity contribution >= 4 is 15.7 Å². The Morgan fingerprint density at radius 3 is 2.62 bits per heavy atom. The summed E-state index contributed by atoms with van der Waals surface area (Å²) in [5.74, 6) is -0.274. The smallest absolute Gasteiger partial charge is 0.274 e. The van der Waals surface area contributed by atoms with Crippen LogP contribution in [-0.4, -0.2) is 46.9 Å². The van der Waals surface area contributed by atoms with Gasteiger partial charge >= 0.3 is 0 Å². The van der Waals surface area contributed by atoms with E-state index in [4.69, 9.17) is 0 Å². The lowest BCUT2D eigenvalue weighted by molar-refractivity contribution is 0.0935. The molecule has 128 valence electrons. The molecule has 1 unspecified atom stereocenters. The first-order chi connectivity index (χ1) is 11.4. The third-order valence-corrected chi connectivity index (χ3v) is 6.03. The minimum absolute atomic E-state index is 0.00952. The fourth-order valence-corrected chi connectivity index (χ4v) is 4.49. The van der Waals surface area contributed by atoms with Crippen molar-refractivity contribution in [2.24, 2.45) is 0 Å². The zero-order chi connectivity index (χ0) is 17.3. The second-order valence-electron chi connectivity index (χ2n) is 6.03. The molecule has 8 heteroatoms. The van der Waals surface area contributed by atoms with Crippen molar-refractivity contribution < 1.29 is 13.2 Å². The molecule has 0 saturated carbocycles. The van der Waals surface area contributed by atoms with E-state index in [1.165, 1.54) is 5.56 Å². The minimum Gasteiger partial charge on any atom is -0.347 e. The molecule has 3 rings (SSSR count). The Kier molecular flexibility index (Phi) is 4.40. The first kappa shape index (κ1) is 16.6. The number of hydrogen-bond donors (Lipinski definition) is 1. The standard InChI is InChI=1S/C16H20N4O3S/c1-3-12-4-6-14(7-5-12)20-11(2)15(18-19-20)16(21)17-13-8-9-24(22,23)10-13/h4-7,13H,3,8-10H2,1-2H3,(H,17,21). The van der Waals surface area contributed by atoms with E-state index in [0.29, 0.717) is 12.1 Å². The number of aryl methyl sites for hydroxylation is 1. The Labute approximate surface area is 141 Å². The summed E-state index contributed by atoms with van der Waals surface area (Å²) in [6, 6.07) is 7.55. The monoisotopic (exact) mass is 348 g/mol. The van der Waals surface area contributed by atoms with Crippen molar-refractivity contribution in [3.05, 3.63) is 41.2 Å². The lowest BCUT2D eigenvalue weighted by Crippen LogP contribution is -2.36. The van der Waals surface area contributed by atoms with Crippen molar-refractivity contribution in [1.82, 2.24) is 20.3 Å². The van der Waals surface area contributed by atoms with Crippen LogP contribution in [0.5, 0.6) is 0 Å². The van der Waals surface area contributed by atoms with Gasteiger partial charge in [-0.3, -0.25) is 4.79 Å². The molecule has 1 N–H and O–H groups in total. The molecule has 1 aliphatic rings. The Balaban J connectivity index is 1.77. The Hall–Kier alpha value is -2.22. The molecular weight excluding hydrogens is 328 g/mol. The number of benzene rings is 1. The van der Waals surface area contributed by atoms with E-state index < -0.39 is 9.84 Å². The quantitative estimate of drug-likeness (QED) is 0.891. The lowest BCUT2D eigenvalue weighted by atomic mass is 10.1. The molecule has 1 aromatic heterocycles. The maximum absolute atomic E-state index is 12.4. The number of amides is 1. The Morgan fingerprint density at radius 1 is 1.33 bits per heavy atom.